The van der Waals surface area contributed by atoms with E-state index in [-0.39, 0.29) is 17.3 Å². The monoisotopic (exact) mass is 362 g/mol. The first-order valence-electron chi connectivity index (χ1n) is 8.97. The van der Waals surface area contributed by atoms with Gasteiger partial charge in [-0.05, 0) is 23.1 Å². The molecular formula is C19H27FN4O2. The zero-order valence-corrected chi connectivity index (χ0v) is 15.5. The molecule has 3 atom stereocenters. The van der Waals surface area contributed by atoms with Crippen molar-refractivity contribution in [3.63, 3.8) is 0 Å². The van der Waals surface area contributed by atoms with Gasteiger partial charge < -0.3 is 9.84 Å². The third-order valence-corrected chi connectivity index (χ3v) is 4.91. The second kappa shape index (κ2) is 7.82. The molecule has 1 fully saturated rings. The molecule has 26 heavy (non-hydrogen) atoms. The second-order valence-corrected chi connectivity index (χ2v) is 7.83. The Morgan fingerprint density at radius 2 is 1.96 bits per heavy atom. The summed E-state index contributed by atoms with van der Waals surface area (Å²) in [4.78, 5) is 6.31. The van der Waals surface area contributed by atoms with Crippen LogP contribution in [0.25, 0.3) is 0 Å². The molecule has 6 nitrogen and oxygen atoms in total. The smallest absolute Gasteiger partial charge is 0.137 e. The molecular weight excluding hydrogens is 335 g/mol. The summed E-state index contributed by atoms with van der Waals surface area (Å²) in [5.74, 6) is -0.289. The van der Waals surface area contributed by atoms with Crippen LogP contribution in [0.1, 0.15) is 38.4 Å². The molecule has 0 radical (unpaired) electrons. The van der Waals surface area contributed by atoms with Crippen molar-refractivity contribution in [1.82, 2.24) is 19.7 Å². The van der Waals surface area contributed by atoms with Crippen LogP contribution in [0.5, 0.6) is 0 Å². The first kappa shape index (κ1) is 18.9. The van der Waals surface area contributed by atoms with Crippen molar-refractivity contribution in [3.05, 3.63) is 48.3 Å². The van der Waals surface area contributed by atoms with Gasteiger partial charge in [-0.1, -0.05) is 32.9 Å². The summed E-state index contributed by atoms with van der Waals surface area (Å²) in [5, 5.41) is 15.5. The zero-order chi connectivity index (χ0) is 18.7. The van der Waals surface area contributed by atoms with E-state index in [2.05, 4.69) is 15.0 Å². The fourth-order valence-electron chi connectivity index (χ4n) is 3.52. The maximum absolute atomic E-state index is 14.0. The predicted molar refractivity (Wildman–Crippen MR) is 96.1 cm³/mol. The highest BCUT2D eigenvalue weighted by molar-refractivity contribution is 5.22. The first-order chi connectivity index (χ1) is 12.4. The first-order valence-corrected chi connectivity index (χ1v) is 8.97. The topological polar surface area (TPSA) is 63.4 Å². The number of halogens is 1. The summed E-state index contributed by atoms with van der Waals surface area (Å²) in [5.41, 5.74) is 0.435. The predicted octanol–water partition coefficient (Wildman–Crippen LogP) is 2.44. The number of ether oxygens (including phenoxy) is 1. The number of benzene rings is 1. The van der Waals surface area contributed by atoms with Crippen LogP contribution in [0, 0.1) is 11.2 Å². The highest BCUT2D eigenvalue weighted by Gasteiger charge is 2.41. The lowest BCUT2D eigenvalue weighted by molar-refractivity contribution is -0.0519. The number of rotatable bonds is 5. The molecule has 1 aliphatic heterocycles. The Bertz CT molecular complexity index is 696. The van der Waals surface area contributed by atoms with Crippen molar-refractivity contribution in [2.45, 2.75) is 39.0 Å². The highest BCUT2D eigenvalue weighted by Crippen LogP contribution is 2.40. The number of hydrogen-bond acceptors (Lipinski definition) is 5. The van der Waals surface area contributed by atoms with E-state index in [1.54, 1.807) is 23.1 Å². The van der Waals surface area contributed by atoms with Gasteiger partial charge in [0.15, 0.2) is 0 Å². The van der Waals surface area contributed by atoms with E-state index >= 15 is 0 Å². The van der Waals surface area contributed by atoms with Gasteiger partial charge in [0.2, 0.25) is 0 Å². The molecule has 1 N–H and O–H groups in total. The van der Waals surface area contributed by atoms with Crippen LogP contribution in [0.15, 0.2) is 36.9 Å². The van der Waals surface area contributed by atoms with Crippen molar-refractivity contribution < 1.29 is 14.2 Å². The molecule has 3 rings (SSSR count). The summed E-state index contributed by atoms with van der Waals surface area (Å²) in [6.07, 6.45) is 2.37. The molecule has 0 amide bonds. The van der Waals surface area contributed by atoms with Crippen LogP contribution >= 0.6 is 0 Å². The van der Waals surface area contributed by atoms with Crippen molar-refractivity contribution in [3.8, 4) is 0 Å². The molecule has 2 aromatic rings. The third-order valence-electron chi connectivity index (χ3n) is 4.91. The highest BCUT2D eigenvalue weighted by atomic mass is 19.1. The van der Waals surface area contributed by atoms with Gasteiger partial charge in [0, 0.05) is 13.1 Å². The van der Waals surface area contributed by atoms with Crippen LogP contribution in [-0.4, -0.2) is 57.2 Å². The average molecular weight is 362 g/mol. The second-order valence-electron chi connectivity index (χ2n) is 7.83. The summed E-state index contributed by atoms with van der Waals surface area (Å²) in [7, 11) is 0. The van der Waals surface area contributed by atoms with Gasteiger partial charge in [-0.3, -0.25) is 4.90 Å². The Balaban J connectivity index is 2.09. The summed E-state index contributed by atoms with van der Waals surface area (Å²) in [6.45, 7) is 8.62. The van der Waals surface area contributed by atoms with Gasteiger partial charge in [0.05, 0.1) is 31.4 Å². The number of hydrogen-bond donors (Lipinski definition) is 1. The van der Waals surface area contributed by atoms with Crippen molar-refractivity contribution in [2.24, 2.45) is 5.41 Å². The third kappa shape index (κ3) is 4.11. The molecule has 2 heterocycles. The molecule has 1 aromatic carbocycles. The van der Waals surface area contributed by atoms with Crippen LogP contribution in [0.2, 0.25) is 0 Å². The Morgan fingerprint density at radius 3 is 2.54 bits per heavy atom. The molecule has 0 saturated carbocycles. The Morgan fingerprint density at radius 1 is 1.23 bits per heavy atom. The average Bonchev–Trinajstić information content (AvgIpc) is 3.13. The molecule has 0 spiro atoms. The molecule has 142 valence electrons. The standard InChI is InChI=1S/C19H27FN4O2/c1-19(2,3)18(25)17(24-13-21-12-22-24)16(23-7-9-26-10-8-23)14-5-4-6-15(20)11-14/h4-6,11-13,16-18,25H,7-10H2,1-3H3. The van der Waals surface area contributed by atoms with Crippen molar-refractivity contribution >= 4 is 0 Å². The van der Waals surface area contributed by atoms with E-state index in [4.69, 9.17) is 4.74 Å². The van der Waals surface area contributed by atoms with Gasteiger partial charge in [-0.25, -0.2) is 14.1 Å². The minimum absolute atomic E-state index is 0.245. The molecule has 3 unspecified atom stereocenters. The van der Waals surface area contributed by atoms with Crippen LogP contribution < -0.4 is 0 Å². The largest absolute Gasteiger partial charge is 0.390 e. The zero-order valence-electron chi connectivity index (χ0n) is 15.5. The van der Waals surface area contributed by atoms with Gasteiger partial charge >= 0.3 is 0 Å². The Labute approximate surface area is 153 Å². The number of aromatic nitrogens is 3. The van der Waals surface area contributed by atoms with E-state index in [9.17, 15) is 9.50 Å². The lowest BCUT2D eigenvalue weighted by Crippen LogP contribution is -2.48. The van der Waals surface area contributed by atoms with E-state index in [1.807, 2.05) is 26.8 Å². The van der Waals surface area contributed by atoms with E-state index in [0.29, 0.717) is 26.3 Å². The molecule has 0 aliphatic carbocycles. The number of aliphatic hydroxyl groups is 1. The van der Waals surface area contributed by atoms with Crippen molar-refractivity contribution in [1.29, 1.82) is 0 Å². The number of morpholine rings is 1. The minimum Gasteiger partial charge on any atom is -0.390 e. The molecule has 1 aliphatic rings. The maximum atomic E-state index is 14.0. The quantitative estimate of drug-likeness (QED) is 0.885. The maximum Gasteiger partial charge on any atom is 0.137 e. The lowest BCUT2D eigenvalue weighted by atomic mass is 9.80. The number of aliphatic hydroxyl groups excluding tert-OH is 1. The van der Waals surface area contributed by atoms with E-state index < -0.39 is 12.1 Å². The molecule has 1 aromatic heterocycles. The lowest BCUT2D eigenvalue weighted by Gasteiger charge is -2.43. The van der Waals surface area contributed by atoms with Crippen LogP contribution in [0.4, 0.5) is 4.39 Å². The summed E-state index contributed by atoms with van der Waals surface area (Å²) in [6, 6.07) is 5.94. The SMILES string of the molecule is CC(C)(C)C(O)C(C(c1cccc(F)c1)N1CCOCC1)n1cncn1. The van der Waals surface area contributed by atoms with Crippen molar-refractivity contribution in [2.75, 3.05) is 26.3 Å². The van der Waals surface area contributed by atoms with Gasteiger partial charge in [-0.15, -0.1) is 0 Å². The Hall–Kier alpha value is -1.83. The van der Waals surface area contributed by atoms with Gasteiger partial charge in [0.1, 0.15) is 18.5 Å². The van der Waals surface area contributed by atoms with Crippen LogP contribution in [-0.2, 0) is 4.74 Å². The number of nitrogens with zero attached hydrogens (tertiary/aromatic N) is 4. The van der Waals surface area contributed by atoms with Crippen LogP contribution in [0.3, 0.4) is 0 Å². The van der Waals surface area contributed by atoms with Gasteiger partial charge in [-0.2, -0.15) is 5.10 Å². The minimum atomic E-state index is -0.708. The van der Waals surface area contributed by atoms with E-state index in [0.717, 1.165) is 5.56 Å². The Kier molecular flexibility index (Phi) is 5.70. The molecule has 7 heteroatoms. The molecule has 1 saturated heterocycles. The van der Waals surface area contributed by atoms with Gasteiger partial charge in [0.25, 0.3) is 0 Å². The fraction of sp³-hybridized carbons (Fsp3) is 0.579. The van der Waals surface area contributed by atoms with E-state index in [1.165, 1.54) is 12.4 Å². The summed E-state index contributed by atoms with van der Waals surface area (Å²) < 4.78 is 21.2. The fourth-order valence-corrected chi connectivity index (χ4v) is 3.52. The normalized spacial score (nSPS) is 19.9. The summed E-state index contributed by atoms with van der Waals surface area (Å²) >= 11 is 0. The molecule has 0 bridgehead atoms.